The summed E-state index contributed by atoms with van der Waals surface area (Å²) in [6.07, 6.45) is 3.20. The zero-order valence-electron chi connectivity index (χ0n) is 19.6. The minimum Gasteiger partial charge on any atom is -0.493 e. The molecule has 0 aliphatic carbocycles. The number of rotatable bonds is 6. The zero-order chi connectivity index (χ0) is 23.4. The smallest absolute Gasteiger partial charge is 0.248 e. The van der Waals surface area contributed by atoms with Crippen LogP contribution in [0.15, 0.2) is 48.5 Å². The van der Waals surface area contributed by atoms with Gasteiger partial charge in [0.05, 0.1) is 19.7 Å². The summed E-state index contributed by atoms with van der Waals surface area (Å²) in [4.78, 5) is 22.1. The summed E-state index contributed by atoms with van der Waals surface area (Å²) < 4.78 is 10.7. The maximum atomic E-state index is 12.6. The van der Waals surface area contributed by atoms with Crippen LogP contribution in [0.25, 0.3) is 17.0 Å². The lowest BCUT2D eigenvalue weighted by Gasteiger charge is -2.33. The van der Waals surface area contributed by atoms with Crippen molar-refractivity contribution in [2.45, 2.75) is 6.92 Å². The van der Waals surface area contributed by atoms with E-state index in [0.29, 0.717) is 11.5 Å². The van der Waals surface area contributed by atoms with Crippen LogP contribution in [0.3, 0.4) is 0 Å². The fourth-order valence-electron chi connectivity index (χ4n) is 4.04. The molecule has 0 unspecified atom stereocenters. The highest BCUT2D eigenvalue weighted by Gasteiger charge is 2.16. The van der Waals surface area contributed by atoms with Crippen LogP contribution >= 0.6 is 0 Å². The number of para-hydroxylation sites is 1. The Morgan fingerprint density at radius 1 is 1.06 bits per heavy atom. The SMILES string of the molecule is COc1cccc(/C=C/C(=O)Nc2ccc3nc(N4CCN(C)CC4)cc(C)c3c2)c1OC. The Morgan fingerprint density at radius 3 is 2.58 bits per heavy atom. The minimum atomic E-state index is -0.223. The number of carbonyl (C=O) groups is 1. The van der Waals surface area contributed by atoms with E-state index in [4.69, 9.17) is 14.5 Å². The first-order chi connectivity index (χ1) is 16.0. The third-order valence-corrected chi connectivity index (χ3v) is 5.94. The lowest BCUT2D eigenvalue weighted by atomic mass is 10.1. The Balaban J connectivity index is 1.50. The highest BCUT2D eigenvalue weighted by molar-refractivity contribution is 6.03. The first-order valence-electron chi connectivity index (χ1n) is 11.0. The molecule has 3 aromatic rings. The number of likely N-dealkylation sites (N-methyl/N-ethyl adjacent to an activating group) is 1. The van der Waals surface area contributed by atoms with Crippen molar-refractivity contribution < 1.29 is 14.3 Å². The Kier molecular flexibility index (Phi) is 6.79. The second kappa shape index (κ2) is 9.92. The molecule has 0 spiro atoms. The van der Waals surface area contributed by atoms with E-state index in [2.05, 4.69) is 35.2 Å². The Labute approximate surface area is 194 Å². The standard InChI is InChI=1S/C26H30N4O3/c1-18-16-24(30-14-12-29(2)13-15-30)28-22-10-9-20(17-21(18)22)27-25(31)11-8-19-6-5-7-23(32-3)26(19)33-4/h5-11,16-17H,12-15H2,1-4H3,(H,27,31)/b11-8+. The molecular formula is C26H30N4O3. The summed E-state index contributed by atoms with van der Waals surface area (Å²) in [5.41, 5.74) is 3.56. The summed E-state index contributed by atoms with van der Waals surface area (Å²) in [7, 11) is 5.31. The van der Waals surface area contributed by atoms with Gasteiger partial charge in [-0.3, -0.25) is 4.79 Å². The van der Waals surface area contributed by atoms with Crippen molar-refractivity contribution in [3.63, 3.8) is 0 Å². The molecule has 0 radical (unpaired) electrons. The molecule has 1 aliphatic rings. The van der Waals surface area contributed by atoms with Gasteiger partial charge in [-0.25, -0.2) is 4.98 Å². The van der Waals surface area contributed by atoms with E-state index >= 15 is 0 Å². The molecular weight excluding hydrogens is 416 g/mol. The normalized spacial score (nSPS) is 14.6. The minimum absolute atomic E-state index is 0.223. The second-order valence-corrected chi connectivity index (χ2v) is 8.22. The van der Waals surface area contributed by atoms with E-state index in [0.717, 1.165) is 59.7 Å². The van der Waals surface area contributed by atoms with E-state index in [1.165, 1.54) is 6.08 Å². The number of ether oxygens (including phenoxy) is 2. The molecule has 33 heavy (non-hydrogen) atoms. The average molecular weight is 447 g/mol. The molecule has 2 aromatic carbocycles. The molecule has 1 saturated heterocycles. The Hall–Kier alpha value is -3.58. The first-order valence-corrected chi connectivity index (χ1v) is 11.0. The lowest BCUT2D eigenvalue weighted by molar-refractivity contribution is -0.111. The van der Waals surface area contributed by atoms with Crippen molar-refractivity contribution in [1.29, 1.82) is 0 Å². The van der Waals surface area contributed by atoms with Crippen LogP contribution in [0, 0.1) is 6.92 Å². The van der Waals surface area contributed by atoms with Gasteiger partial charge in [0.1, 0.15) is 5.82 Å². The molecule has 1 amide bonds. The highest BCUT2D eigenvalue weighted by atomic mass is 16.5. The molecule has 1 fully saturated rings. The van der Waals surface area contributed by atoms with Gasteiger partial charge in [0, 0.05) is 48.9 Å². The van der Waals surface area contributed by atoms with Gasteiger partial charge in [-0.15, -0.1) is 0 Å². The Morgan fingerprint density at radius 2 is 1.85 bits per heavy atom. The molecule has 0 bridgehead atoms. The van der Waals surface area contributed by atoms with Gasteiger partial charge >= 0.3 is 0 Å². The number of benzene rings is 2. The maximum absolute atomic E-state index is 12.6. The van der Waals surface area contributed by atoms with Crippen molar-refractivity contribution >= 4 is 34.4 Å². The summed E-state index contributed by atoms with van der Waals surface area (Å²) in [5.74, 6) is 2.00. The van der Waals surface area contributed by atoms with Crippen molar-refractivity contribution in [1.82, 2.24) is 9.88 Å². The number of nitrogens with zero attached hydrogens (tertiary/aromatic N) is 3. The van der Waals surface area contributed by atoms with Gasteiger partial charge in [0.15, 0.2) is 11.5 Å². The zero-order valence-corrected chi connectivity index (χ0v) is 19.6. The van der Waals surface area contributed by atoms with Crippen LogP contribution in [0.2, 0.25) is 0 Å². The molecule has 1 aromatic heterocycles. The van der Waals surface area contributed by atoms with Crippen LogP contribution in [0.4, 0.5) is 11.5 Å². The van der Waals surface area contributed by atoms with E-state index < -0.39 is 0 Å². The van der Waals surface area contributed by atoms with Crippen LogP contribution in [0.1, 0.15) is 11.1 Å². The van der Waals surface area contributed by atoms with Gasteiger partial charge in [-0.1, -0.05) is 12.1 Å². The third kappa shape index (κ3) is 5.09. The number of aromatic nitrogens is 1. The average Bonchev–Trinajstić information content (AvgIpc) is 2.83. The van der Waals surface area contributed by atoms with Crippen molar-refractivity contribution in [2.75, 3.05) is 57.7 Å². The summed E-state index contributed by atoms with van der Waals surface area (Å²) in [5, 5.41) is 3.97. The number of hydrogen-bond donors (Lipinski definition) is 1. The van der Waals surface area contributed by atoms with Gasteiger partial charge < -0.3 is 24.6 Å². The van der Waals surface area contributed by atoms with E-state index in [1.807, 2.05) is 36.4 Å². The number of anilines is 2. The van der Waals surface area contributed by atoms with Crippen LogP contribution in [-0.4, -0.2) is 63.2 Å². The predicted octanol–water partition coefficient (Wildman–Crippen LogP) is 3.96. The number of nitrogens with one attached hydrogen (secondary N) is 1. The van der Waals surface area contributed by atoms with E-state index in [9.17, 15) is 4.79 Å². The number of hydrogen-bond acceptors (Lipinski definition) is 6. The van der Waals surface area contributed by atoms with E-state index in [1.54, 1.807) is 20.3 Å². The van der Waals surface area contributed by atoms with Gasteiger partial charge in [0.2, 0.25) is 5.91 Å². The topological polar surface area (TPSA) is 66.9 Å². The molecule has 7 nitrogen and oxygen atoms in total. The maximum Gasteiger partial charge on any atom is 0.248 e. The van der Waals surface area contributed by atoms with Crippen molar-refractivity contribution in [3.05, 3.63) is 59.7 Å². The number of fused-ring (bicyclic) bond motifs is 1. The molecule has 0 atom stereocenters. The first kappa shape index (κ1) is 22.6. The second-order valence-electron chi connectivity index (χ2n) is 8.22. The number of methoxy groups -OCH3 is 2. The molecule has 2 heterocycles. The molecule has 4 rings (SSSR count). The monoisotopic (exact) mass is 446 g/mol. The summed E-state index contributed by atoms with van der Waals surface area (Å²) in [6.45, 7) is 6.13. The number of aryl methyl sites for hydroxylation is 1. The van der Waals surface area contributed by atoms with Gasteiger partial charge in [-0.2, -0.15) is 0 Å². The number of pyridine rings is 1. The lowest BCUT2D eigenvalue weighted by Crippen LogP contribution is -2.44. The summed E-state index contributed by atoms with van der Waals surface area (Å²) >= 11 is 0. The van der Waals surface area contributed by atoms with Gasteiger partial charge in [0.25, 0.3) is 0 Å². The fourth-order valence-corrected chi connectivity index (χ4v) is 4.04. The molecule has 0 saturated carbocycles. The predicted molar refractivity (Wildman–Crippen MR) is 133 cm³/mol. The Bertz CT molecular complexity index is 1180. The van der Waals surface area contributed by atoms with Crippen LogP contribution in [-0.2, 0) is 4.79 Å². The van der Waals surface area contributed by atoms with Crippen LogP contribution < -0.4 is 19.7 Å². The van der Waals surface area contributed by atoms with Crippen molar-refractivity contribution in [2.24, 2.45) is 0 Å². The molecule has 7 heteroatoms. The third-order valence-electron chi connectivity index (χ3n) is 5.94. The quantitative estimate of drug-likeness (QED) is 0.578. The van der Waals surface area contributed by atoms with Gasteiger partial charge in [-0.05, 0) is 55.9 Å². The molecule has 172 valence electrons. The fraction of sp³-hybridized carbons (Fsp3) is 0.308. The van der Waals surface area contributed by atoms with Crippen molar-refractivity contribution in [3.8, 4) is 11.5 Å². The van der Waals surface area contributed by atoms with Crippen LogP contribution in [0.5, 0.6) is 11.5 Å². The number of piperazine rings is 1. The number of carbonyl (C=O) groups excluding carboxylic acids is 1. The number of amides is 1. The summed E-state index contributed by atoms with van der Waals surface area (Å²) in [6, 6.07) is 13.5. The molecule has 1 N–H and O–H groups in total. The van der Waals surface area contributed by atoms with E-state index in [-0.39, 0.29) is 5.91 Å². The largest absolute Gasteiger partial charge is 0.493 e. The molecule has 1 aliphatic heterocycles. The highest BCUT2D eigenvalue weighted by Crippen LogP contribution is 2.31.